The predicted octanol–water partition coefficient (Wildman–Crippen LogP) is 3.65. The van der Waals surface area contributed by atoms with E-state index in [0.717, 1.165) is 27.6 Å². The number of nitrogens with one attached hydrogen (secondary N) is 3. The second-order valence-corrected chi connectivity index (χ2v) is 15.9. The van der Waals surface area contributed by atoms with E-state index in [0.29, 0.717) is 19.3 Å². The van der Waals surface area contributed by atoms with E-state index in [-0.39, 0.29) is 51.5 Å². The zero-order valence-corrected chi connectivity index (χ0v) is 33.8. The highest BCUT2D eigenvalue weighted by Crippen LogP contribution is 2.26. The number of H-pyrrole nitrogens is 1. The maximum atomic E-state index is 15.0. The molecule has 3 aliphatic rings. The zero-order chi connectivity index (χ0) is 41.6. The highest BCUT2D eigenvalue weighted by Gasteiger charge is 2.46. The molecule has 0 aliphatic carbocycles. The van der Waals surface area contributed by atoms with Crippen molar-refractivity contribution in [3.8, 4) is 0 Å². The molecule has 3 saturated heterocycles. The second kappa shape index (κ2) is 18.2. The third kappa shape index (κ3) is 8.96. The Balaban J connectivity index is 1.27. The van der Waals surface area contributed by atoms with E-state index in [9.17, 15) is 28.8 Å². The maximum absolute atomic E-state index is 15.0. The number of nitrogens with zero attached hydrogens (tertiary/aromatic N) is 4. The Bertz CT molecular complexity index is 2160. The van der Waals surface area contributed by atoms with Crippen LogP contribution in [0.25, 0.3) is 10.9 Å². The summed E-state index contributed by atoms with van der Waals surface area (Å²) in [6.07, 6.45) is 2.89. The Morgan fingerprint density at radius 1 is 0.763 bits per heavy atom. The third-order valence-electron chi connectivity index (χ3n) is 12.1. The molecule has 4 aromatic rings. The number of likely N-dealkylation sites (N-methyl/N-ethyl adjacent to an activating group) is 1. The Hall–Kier alpha value is -6.18. The number of carbonyl (C=O) groups is 6. The van der Waals surface area contributed by atoms with Gasteiger partial charge in [-0.15, -0.1) is 0 Å². The molecule has 0 spiro atoms. The van der Waals surface area contributed by atoms with Crippen LogP contribution in [0.15, 0.2) is 91.1 Å². The molecule has 310 valence electrons. The molecule has 3 N–H and O–H groups in total. The minimum absolute atomic E-state index is 0.0205. The lowest BCUT2D eigenvalue weighted by Gasteiger charge is -2.44. The quantitative estimate of drug-likeness (QED) is 0.245. The van der Waals surface area contributed by atoms with Gasteiger partial charge in [0.2, 0.25) is 29.5 Å². The van der Waals surface area contributed by atoms with Crippen molar-refractivity contribution in [1.29, 1.82) is 0 Å². The first-order chi connectivity index (χ1) is 28.5. The average Bonchev–Trinajstić information content (AvgIpc) is 3.93. The highest BCUT2D eigenvalue weighted by atomic mass is 16.6. The van der Waals surface area contributed by atoms with Crippen LogP contribution < -0.4 is 10.6 Å². The Morgan fingerprint density at radius 2 is 1.44 bits per heavy atom. The Morgan fingerprint density at radius 3 is 2.17 bits per heavy atom. The molecule has 1 aromatic heterocycles. The number of benzene rings is 3. The fraction of sp³-hybridized carbons (Fsp3) is 0.422. The van der Waals surface area contributed by atoms with Crippen molar-refractivity contribution in [1.82, 2.24) is 35.2 Å². The Labute approximate surface area is 344 Å². The van der Waals surface area contributed by atoms with E-state index in [1.54, 1.807) is 0 Å². The first-order valence-electron chi connectivity index (χ1n) is 20.6. The normalized spacial score (nSPS) is 23.8. The number of aromatic amines is 1. The van der Waals surface area contributed by atoms with Gasteiger partial charge in [-0.3, -0.25) is 24.0 Å². The molecular weight excluding hydrogens is 751 g/mol. The van der Waals surface area contributed by atoms with Gasteiger partial charge in [-0.25, -0.2) is 4.79 Å². The number of amides is 6. The minimum Gasteiger partial charge on any atom is -0.445 e. The molecule has 0 bridgehead atoms. The molecule has 1 unspecified atom stereocenters. The van der Waals surface area contributed by atoms with Crippen molar-refractivity contribution in [2.45, 2.75) is 82.8 Å². The molecule has 0 radical (unpaired) electrons. The number of para-hydroxylation sites is 1. The number of carbonyl (C=O) groups excluding carboxylic acids is 6. The van der Waals surface area contributed by atoms with Crippen LogP contribution >= 0.6 is 0 Å². The van der Waals surface area contributed by atoms with Gasteiger partial charge in [0.25, 0.3) is 0 Å². The molecule has 59 heavy (non-hydrogen) atoms. The second-order valence-electron chi connectivity index (χ2n) is 15.9. The first kappa shape index (κ1) is 41.0. The van der Waals surface area contributed by atoms with E-state index in [1.807, 2.05) is 105 Å². The molecule has 4 heterocycles. The van der Waals surface area contributed by atoms with Gasteiger partial charge in [0.05, 0.1) is 6.54 Å². The molecule has 3 fully saturated rings. The van der Waals surface area contributed by atoms with Crippen LogP contribution in [-0.4, -0.2) is 124 Å². The molecule has 0 saturated carbocycles. The SMILES string of the molecule is CCC(C)[C@@H]1NC(=O)[C@@H](Cc2c[nH]c3ccccc23)NC(=O)[C@@H]2CCCN2C(=O)[C@@H](Cc2ccccc2)N(C)C(=O)[C@H]2CN(C(=O)OCc3ccccc3)CCN2C1=O. The number of hydrogen-bond donors (Lipinski definition) is 3. The van der Waals surface area contributed by atoms with Gasteiger partial charge in [-0.2, -0.15) is 0 Å². The monoisotopic (exact) mass is 803 g/mol. The summed E-state index contributed by atoms with van der Waals surface area (Å²) < 4.78 is 5.66. The summed E-state index contributed by atoms with van der Waals surface area (Å²) in [6, 6.07) is 20.9. The van der Waals surface area contributed by atoms with Gasteiger partial charge >= 0.3 is 6.09 Å². The van der Waals surface area contributed by atoms with Crippen LogP contribution in [0.2, 0.25) is 0 Å². The summed E-state index contributed by atoms with van der Waals surface area (Å²) in [7, 11) is 1.54. The summed E-state index contributed by atoms with van der Waals surface area (Å²) in [5.41, 5.74) is 3.27. The molecule has 6 atom stereocenters. The van der Waals surface area contributed by atoms with Crippen molar-refractivity contribution in [3.05, 3.63) is 108 Å². The fourth-order valence-electron chi connectivity index (χ4n) is 8.46. The Kier molecular flexibility index (Phi) is 12.6. The largest absolute Gasteiger partial charge is 0.445 e. The van der Waals surface area contributed by atoms with Crippen LogP contribution in [-0.2, 0) is 48.2 Å². The lowest BCUT2D eigenvalue weighted by Crippen LogP contribution is -2.66. The van der Waals surface area contributed by atoms with E-state index >= 15 is 0 Å². The number of rotatable bonds is 8. The van der Waals surface area contributed by atoms with Crippen molar-refractivity contribution in [2.75, 3.05) is 33.2 Å². The van der Waals surface area contributed by atoms with Gasteiger partial charge in [0.1, 0.15) is 36.8 Å². The van der Waals surface area contributed by atoms with Crippen LogP contribution in [0, 0.1) is 5.92 Å². The summed E-state index contributed by atoms with van der Waals surface area (Å²) in [5, 5.41) is 6.87. The van der Waals surface area contributed by atoms with Gasteiger partial charge < -0.3 is 40.0 Å². The van der Waals surface area contributed by atoms with Crippen LogP contribution in [0.5, 0.6) is 0 Å². The van der Waals surface area contributed by atoms with Crippen molar-refractivity contribution in [2.24, 2.45) is 5.92 Å². The molecule has 14 nitrogen and oxygen atoms in total. The van der Waals surface area contributed by atoms with E-state index in [2.05, 4.69) is 15.6 Å². The van der Waals surface area contributed by atoms with Crippen LogP contribution in [0.3, 0.4) is 0 Å². The summed E-state index contributed by atoms with van der Waals surface area (Å²) >= 11 is 0. The number of hydrogen-bond acceptors (Lipinski definition) is 7. The van der Waals surface area contributed by atoms with Gasteiger partial charge in [-0.05, 0) is 41.5 Å². The fourth-order valence-corrected chi connectivity index (χ4v) is 8.46. The van der Waals surface area contributed by atoms with E-state index in [4.69, 9.17) is 4.74 Å². The molecular formula is C45H53N7O7. The first-order valence-corrected chi connectivity index (χ1v) is 20.6. The van der Waals surface area contributed by atoms with Crippen molar-refractivity contribution in [3.63, 3.8) is 0 Å². The lowest BCUT2D eigenvalue weighted by molar-refractivity contribution is -0.155. The average molecular weight is 804 g/mol. The lowest BCUT2D eigenvalue weighted by atomic mass is 9.95. The zero-order valence-electron chi connectivity index (χ0n) is 33.8. The molecule has 14 heteroatoms. The molecule has 6 amide bonds. The minimum atomic E-state index is -1.21. The smallest absolute Gasteiger partial charge is 0.410 e. The summed E-state index contributed by atoms with van der Waals surface area (Å²) in [6.45, 7) is 3.95. The molecule has 3 aliphatic heterocycles. The number of aromatic nitrogens is 1. The topological polar surface area (TPSA) is 164 Å². The van der Waals surface area contributed by atoms with Crippen molar-refractivity contribution < 1.29 is 33.5 Å². The van der Waals surface area contributed by atoms with Gasteiger partial charge in [0, 0.05) is 56.6 Å². The predicted molar refractivity (Wildman–Crippen MR) is 220 cm³/mol. The summed E-state index contributed by atoms with van der Waals surface area (Å²) in [4.78, 5) is 96.1. The van der Waals surface area contributed by atoms with Crippen LogP contribution in [0.4, 0.5) is 4.79 Å². The summed E-state index contributed by atoms with van der Waals surface area (Å²) in [5.74, 6) is -2.86. The molecule has 7 rings (SSSR count). The van der Waals surface area contributed by atoms with Gasteiger partial charge in [-0.1, -0.05) is 99.1 Å². The maximum Gasteiger partial charge on any atom is 0.410 e. The van der Waals surface area contributed by atoms with Crippen LogP contribution in [0.1, 0.15) is 49.8 Å². The van der Waals surface area contributed by atoms with E-state index in [1.165, 1.54) is 26.6 Å². The third-order valence-corrected chi connectivity index (χ3v) is 12.1. The standard InChI is InChI=1S/C45H53N7O7/c1-4-29(2)39-44(57)52-23-22-50(45(58)59-28-31-16-9-6-10-17-31)27-38(52)42(55)49(3)37(24-30-14-7-5-8-15-30)43(56)51-21-13-20-36(51)41(54)47-35(40(53)48-39)25-32-26-46-34-19-12-11-18-33(32)34/h5-12,14-19,26,29,35-39,46H,4,13,20-25,27-28H2,1-3H3,(H,47,54)(H,48,53)/t29?,35-,36+,37-,38-,39+/m1/s1. The van der Waals surface area contributed by atoms with Gasteiger partial charge in [0.15, 0.2) is 0 Å². The van der Waals surface area contributed by atoms with Crippen molar-refractivity contribution >= 4 is 46.5 Å². The number of fused-ring (bicyclic) bond motifs is 3. The molecule has 3 aromatic carbocycles. The van der Waals surface area contributed by atoms with E-state index < -0.39 is 65.8 Å². The highest BCUT2D eigenvalue weighted by molar-refractivity contribution is 5.99. The number of ether oxygens (including phenoxy) is 1. The number of piperazine rings is 1.